The summed E-state index contributed by atoms with van der Waals surface area (Å²) in [6.07, 6.45) is 1.78. The fraction of sp³-hybridized carbons (Fsp3) is 0.158. The minimum atomic E-state index is -2.94. The van der Waals surface area contributed by atoms with Crippen molar-refractivity contribution in [2.24, 2.45) is 0 Å². The summed E-state index contributed by atoms with van der Waals surface area (Å²) in [6, 6.07) is 12.3. The molecule has 0 atom stereocenters. The van der Waals surface area contributed by atoms with Crippen LogP contribution in [0, 0.1) is 6.92 Å². The molecule has 2 N–H and O–H groups in total. The van der Waals surface area contributed by atoms with Gasteiger partial charge in [0.25, 0.3) is 0 Å². The van der Waals surface area contributed by atoms with Gasteiger partial charge in [-0.3, -0.25) is 4.68 Å². The van der Waals surface area contributed by atoms with Gasteiger partial charge < -0.3 is 15.4 Å². The lowest BCUT2D eigenvalue weighted by Gasteiger charge is -2.14. The highest BCUT2D eigenvalue weighted by Gasteiger charge is 2.13. The van der Waals surface area contributed by atoms with Gasteiger partial charge in [0.1, 0.15) is 5.75 Å². The van der Waals surface area contributed by atoms with E-state index in [-0.39, 0.29) is 10.9 Å². The maximum Gasteiger partial charge on any atom is 0.387 e. The standard InChI is InChI=1S/C19H16BrClF2N4OS/c1-11-6-7-16(28-18(22)23)15(8-11)24-19(29)25-17-13(20)10-27(26-17)9-12-4-2-3-5-14(12)21/h2-8,10,18H,9H2,1H3,(H2,24,25,26,29). The second-order valence-electron chi connectivity index (χ2n) is 6.07. The van der Waals surface area contributed by atoms with Crippen LogP contribution in [0.15, 0.2) is 53.1 Å². The van der Waals surface area contributed by atoms with Crippen LogP contribution in [-0.4, -0.2) is 21.5 Å². The Balaban J connectivity index is 1.71. The van der Waals surface area contributed by atoms with E-state index in [1.54, 1.807) is 23.0 Å². The third-order valence-corrected chi connectivity index (χ3v) is 4.99. The molecule has 10 heteroatoms. The first-order chi connectivity index (χ1) is 13.8. The number of aromatic nitrogens is 2. The lowest BCUT2D eigenvalue weighted by atomic mass is 10.2. The monoisotopic (exact) mass is 500 g/mol. The van der Waals surface area contributed by atoms with Gasteiger partial charge in [-0.05, 0) is 64.4 Å². The van der Waals surface area contributed by atoms with Gasteiger partial charge in [-0.25, -0.2) is 0 Å². The fourth-order valence-electron chi connectivity index (χ4n) is 2.57. The van der Waals surface area contributed by atoms with Crippen molar-refractivity contribution in [2.45, 2.75) is 20.1 Å². The molecular formula is C19H16BrClF2N4OS. The van der Waals surface area contributed by atoms with Crippen LogP contribution in [0.4, 0.5) is 20.3 Å². The summed E-state index contributed by atoms with van der Waals surface area (Å²) in [7, 11) is 0. The van der Waals surface area contributed by atoms with E-state index < -0.39 is 6.61 Å². The highest BCUT2D eigenvalue weighted by atomic mass is 79.9. The van der Waals surface area contributed by atoms with Crippen LogP contribution in [0.25, 0.3) is 0 Å². The highest BCUT2D eigenvalue weighted by Crippen LogP contribution is 2.28. The van der Waals surface area contributed by atoms with Crippen molar-refractivity contribution in [3.63, 3.8) is 0 Å². The first kappa shape index (κ1) is 21.5. The smallest absolute Gasteiger partial charge is 0.387 e. The van der Waals surface area contributed by atoms with Crippen molar-refractivity contribution < 1.29 is 13.5 Å². The maximum absolute atomic E-state index is 12.6. The van der Waals surface area contributed by atoms with Crippen LogP contribution in [0.3, 0.4) is 0 Å². The molecule has 0 aliphatic heterocycles. The first-order valence-electron chi connectivity index (χ1n) is 8.41. The Labute approximate surface area is 185 Å². The second-order valence-corrected chi connectivity index (χ2v) is 7.74. The molecule has 3 rings (SSSR count). The van der Waals surface area contributed by atoms with Crippen molar-refractivity contribution in [3.8, 4) is 5.75 Å². The van der Waals surface area contributed by atoms with Gasteiger partial charge in [-0.2, -0.15) is 13.9 Å². The van der Waals surface area contributed by atoms with E-state index in [0.29, 0.717) is 27.5 Å². The van der Waals surface area contributed by atoms with Gasteiger partial charge in [-0.15, -0.1) is 0 Å². The lowest BCUT2D eigenvalue weighted by Crippen LogP contribution is -2.20. The first-order valence-corrected chi connectivity index (χ1v) is 9.99. The summed E-state index contributed by atoms with van der Waals surface area (Å²) >= 11 is 14.9. The number of hydrogen-bond acceptors (Lipinski definition) is 3. The minimum Gasteiger partial charge on any atom is -0.433 e. The molecule has 29 heavy (non-hydrogen) atoms. The third-order valence-electron chi connectivity index (χ3n) is 3.84. The van der Waals surface area contributed by atoms with Gasteiger partial charge in [-0.1, -0.05) is 35.9 Å². The van der Waals surface area contributed by atoms with Crippen LogP contribution in [0.2, 0.25) is 5.02 Å². The van der Waals surface area contributed by atoms with E-state index in [0.717, 1.165) is 11.1 Å². The Morgan fingerprint density at radius 2 is 2.03 bits per heavy atom. The zero-order valence-corrected chi connectivity index (χ0v) is 18.3. The Hall–Kier alpha value is -2.23. The molecule has 1 aromatic heterocycles. The summed E-state index contributed by atoms with van der Waals surface area (Å²) in [4.78, 5) is 0. The number of hydrogen-bond donors (Lipinski definition) is 2. The Morgan fingerprint density at radius 3 is 2.76 bits per heavy atom. The number of alkyl halides is 2. The Kier molecular flexibility index (Phi) is 7.05. The zero-order valence-electron chi connectivity index (χ0n) is 15.1. The zero-order chi connectivity index (χ0) is 21.0. The minimum absolute atomic E-state index is 0.00179. The molecule has 3 aromatic rings. The van der Waals surface area contributed by atoms with Gasteiger partial charge in [0.2, 0.25) is 0 Å². The number of nitrogens with zero attached hydrogens (tertiary/aromatic N) is 2. The van der Waals surface area contributed by atoms with Crippen LogP contribution in [0.1, 0.15) is 11.1 Å². The number of aryl methyl sites for hydroxylation is 1. The largest absolute Gasteiger partial charge is 0.433 e. The third kappa shape index (κ3) is 5.88. The predicted molar refractivity (Wildman–Crippen MR) is 118 cm³/mol. The number of nitrogens with one attached hydrogen (secondary N) is 2. The van der Waals surface area contributed by atoms with E-state index in [9.17, 15) is 8.78 Å². The van der Waals surface area contributed by atoms with Gasteiger partial charge >= 0.3 is 6.61 Å². The van der Waals surface area contributed by atoms with Crippen molar-refractivity contribution in [2.75, 3.05) is 10.6 Å². The molecular weight excluding hydrogens is 486 g/mol. The lowest BCUT2D eigenvalue weighted by molar-refractivity contribution is -0.0493. The Bertz CT molecular complexity index is 1030. The molecule has 0 radical (unpaired) electrons. The Morgan fingerprint density at radius 1 is 1.28 bits per heavy atom. The molecule has 152 valence electrons. The van der Waals surface area contributed by atoms with E-state index in [2.05, 4.69) is 36.4 Å². The fourth-order valence-corrected chi connectivity index (χ4v) is 3.38. The molecule has 0 saturated carbocycles. The molecule has 0 spiro atoms. The van der Waals surface area contributed by atoms with Gasteiger partial charge in [0, 0.05) is 11.2 Å². The number of ether oxygens (including phenoxy) is 1. The molecule has 1 heterocycles. The number of halogens is 4. The molecule has 5 nitrogen and oxygen atoms in total. The molecule has 0 amide bonds. The number of thiocarbonyl (C=S) groups is 1. The van der Waals surface area contributed by atoms with Gasteiger partial charge in [0.05, 0.1) is 16.7 Å². The van der Waals surface area contributed by atoms with Crippen molar-refractivity contribution in [1.82, 2.24) is 9.78 Å². The van der Waals surface area contributed by atoms with Gasteiger partial charge in [0.15, 0.2) is 10.9 Å². The van der Waals surface area contributed by atoms with Crippen molar-refractivity contribution >= 4 is 56.4 Å². The van der Waals surface area contributed by atoms with E-state index >= 15 is 0 Å². The summed E-state index contributed by atoms with van der Waals surface area (Å²) in [6.45, 7) is -0.625. The SMILES string of the molecule is Cc1ccc(OC(F)F)c(NC(=S)Nc2nn(Cc3ccccc3Cl)cc2Br)c1. The van der Waals surface area contributed by atoms with Crippen molar-refractivity contribution in [1.29, 1.82) is 0 Å². The van der Waals surface area contributed by atoms with Crippen LogP contribution in [0.5, 0.6) is 5.75 Å². The summed E-state index contributed by atoms with van der Waals surface area (Å²) in [5.74, 6) is 0.469. The van der Waals surface area contributed by atoms with E-state index in [4.69, 9.17) is 23.8 Å². The molecule has 0 bridgehead atoms. The quantitative estimate of drug-likeness (QED) is 0.402. The normalized spacial score (nSPS) is 10.8. The van der Waals surface area contributed by atoms with Crippen LogP contribution in [-0.2, 0) is 6.54 Å². The van der Waals surface area contributed by atoms with Crippen molar-refractivity contribution in [3.05, 3.63) is 69.3 Å². The average molecular weight is 502 g/mol. The maximum atomic E-state index is 12.6. The molecule has 0 unspecified atom stereocenters. The molecule has 0 saturated heterocycles. The predicted octanol–water partition coefficient (Wildman–Crippen LogP) is 6.07. The van der Waals surface area contributed by atoms with Crippen LogP contribution < -0.4 is 15.4 Å². The summed E-state index contributed by atoms with van der Waals surface area (Å²) < 4.78 is 32.2. The number of benzene rings is 2. The van der Waals surface area contributed by atoms with E-state index in [1.165, 1.54) is 6.07 Å². The van der Waals surface area contributed by atoms with Crippen LogP contribution >= 0.6 is 39.7 Å². The second kappa shape index (κ2) is 9.51. The molecule has 0 aliphatic carbocycles. The molecule has 0 fully saturated rings. The highest BCUT2D eigenvalue weighted by molar-refractivity contribution is 9.10. The number of rotatable bonds is 6. The van der Waals surface area contributed by atoms with E-state index in [1.807, 2.05) is 31.2 Å². The molecule has 0 aliphatic rings. The molecule has 2 aromatic carbocycles. The topological polar surface area (TPSA) is 51.1 Å². The number of anilines is 2. The average Bonchev–Trinajstić information content (AvgIpc) is 2.98. The summed E-state index contributed by atoms with van der Waals surface area (Å²) in [5.41, 5.74) is 2.11. The summed E-state index contributed by atoms with van der Waals surface area (Å²) in [5, 5.41) is 11.1.